The maximum absolute atomic E-state index is 6.64. The molecule has 0 N–H and O–H groups in total. The van der Waals surface area contributed by atoms with Gasteiger partial charge in [0.25, 0.3) is 0 Å². The second-order valence-corrected chi connectivity index (χ2v) is 11.3. The minimum Gasteiger partial charge on any atom is -0.452 e. The van der Waals surface area contributed by atoms with Crippen molar-refractivity contribution in [3.8, 4) is 28.5 Å². The van der Waals surface area contributed by atoms with E-state index in [0.717, 1.165) is 88.3 Å². The minimum atomic E-state index is 0.668. The standard InChI is InChI=1S/C40H23N3O2/c1-3-13-24(14-4-1)29-23-33(42-40(41-29)25-15-5-2-6-16-25)43-30-20-10-7-17-26(30)34-35-27-18-8-11-21-31(27)44-38(35)39-36(37(34)43)28-19-9-12-22-32(28)45-39/h1-23H. The molecule has 0 fully saturated rings. The van der Waals surface area contributed by atoms with Crippen LogP contribution in [-0.2, 0) is 0 Å². The van der Waals surface area contributed by atoms with Crippen LogP contribution in [0.1, 0.15) is 0 Å². The van der Waals surface area contributed by atoms with Crippen LogP contribution in [0.5, 0.6) is 0 Å². The number of aromatic nitrogens is 3. The van der Waals surface area contributed by atoms with Gasteiger partial charge in [-0.15, -0.1) is 0 Å². The van der Waals surface area contributed by atoms with Crippen LogP contribution in [0, 0.1) is 0 Å². The Morgan fingerprint density at radius 1 is 0.467 bits per heavy atom. The Kier molecular flexibility index (Phi) is 4.93. The summed E-state index contributed by atoms with van der Waals surface area (Å²) >= 11 is 0. The van der Waals surface area contributed by atoms with Crippen LogP contribution in [0.3, 0.4) is 0 Å². The zero-order valence-electron chi connectivity index (χ0n) is 23.9. The Morgan fingerprint density at radius 3 is 1.73 bits per heavy atom. The molecular weight excluding hydrogens is 554 g/mol. The summed E-state index contributed by atoms with van der Waals surface area (Å²) < 4.78 is 15.5. The average Bonchev–Trinajstić information content (AvgIpc) is 3.79. The normalized spacial score (nSPS) is 12.0. The van der Waals surface area contributed by atoms with Gasteiger partial charge in [-0.2, -0.15) is 0 Å². The largest absolute Gasteiger partial charge is 0.452 e. The summed E-state index contributed by atoms with van der Waals surface area (Å²) in [4.78, 5) is 10.3. The Morgan fingerprint density at radius 2 is 1.02 bits per heavy atom. The molecule has 0 aliphatic carbocycles. The molecule has 4 aromatic heterocycles. The van der Waals surface area contributed by atoms with Crippen LogP contribution >= 0.6 is 0 Å². The zero-order chi connectivity index (χ0) is 29.5. The molecule has 0 unspecified atom stereocenters. The zero-order valence-corrected chi connectivity index (χ0v) is 23.9. The summed E-state index contributed by atoms with van der Waals surface area (Å²) in [6, 6.07) is 47.6. The number of hydrogen-bond acceptors (Lipinski definition) is 4. The summed E-state index contributed by atoms with van der Waals surface area (Å²) in [5.41, 5.74) is 8.07. The third kappa shape index (κ3) is 3.43. The van der Waals surface area contributed by atoms with E-state index in [2.05, 4.69) is 83.4 Å². The molecule has 0 spiro atoms. The van der Waals surface area contributed by atoms with Crippen LogP contribution in [0.4, 0.5) is 0 Å². The van der Waals surface area contributed by atoms with Crippen molar-refractivity contribution in [3.63, 3.8) is 0 Å². The van der Waals surface area contributed by atoms with E-state index in [9.17, 15) is 0 Å². The highest BCUT2D eigenvalue weighted by atomic mass is 16.4. The van der Waals surface area contributed by atoms with E-state index in [1.165, 1.54) is 0 Å². The van der Waals surface area contributed by atoms with Gasteiger partial charge in [0.15, 0.2) is 17.0 Å². The van der Waals surface area contributed by atoms with Crippen molar-refractivity contribution in [1.82, 2.24) is 14.5 Å². The third-order valence-corrected chi connectivity index (χ3v) is 8.80. The minimum absolute atomic E-state index is 0.668. The maximum Gasteiger partial charge on any atom is 0.180 e. The SMILES string of the molecule is c1ccc(-c2cc(-n3c4ccccc4c4c5c6ccccc6oc5c5oc6ccccc6c5c43)nc(-c3ccccc3)n2)cc1. The number of rotatable bonds is 3. The lowest BCUT2D eigenvalue weighted by atomic mass is 10.0. The number of benzene rings is 6. The number of para-hydroxylation sites is 3. The van der Waals surface area contributed by atoms with E-state index in [0.29, 0.717) is 5.82 Å². The van der Waals surface area contributed by atoms with Gasteiger partial charge < -0.3 is 8.83 Å². The van der Waals surface area contributed by atoms with Crippen LogP contribution in [0.15, 0.2) is 148 Å². The van der Waals surface area contributed by atoms with E-state index in [1.54, 1.807) is 0 Å². The van der Waals surface area contributed by atoms with Gasteiger partial charge in [0, 0.05) is 44.1 Å². The summed E-state index contributed by atoms with van der Waals surface area (Å²) in [5.74, 6) is 1.45. The van der Waals surface area contributed by atoms with Gasteiger partial charge in [-0.05, 0) is 18.2 Å². The van der Waals surface area contributed by atoms with Crippen molar-refractivity contribution < 1.29 is 8.83 Å². The molecule has 0 atom stereocenters. The van der Waals surface area contributed by atoms with Gasteiger partial charge in [0.05, 0.1) is 22.1 Å². The quantitative estimate of drug-likeness (QED) is 0.210. The lowest BCUT2D eigenvalue weighted by Gasteiger charge is -2.12. The van der Waals surface area contributed by atoms with E-state index < -0.39 is 0 Å². The van der Waals surface area contributed by atoms with Gasteiger partial charge in [-0.3, -0.25) is 4.57 Å². The van der Waals surface area contributed by atoms with Crippen molar-refractivity contribution in [2.24, 2.45) is 0 Å². The fraction of sp³-hybridized carbons (Fsp3) is 0. The summed E-state index contributed by atoms with van der Waals surface area (Å²) in [6.45, 7) is 0. The highest BCUT2D eigenvalue weighted by Crippen LogP contribution is 2.48. The molecule has 0 saturated carbocycles. The van der Waals surface area contributed by atoms with Crippen molar-refractivity contribution in [1.29, 1.82) is 0 Å². The van der Waals surface area contributed by atoms with Gasteiger partial charge in [-0.1, -0.05) is 115 Å². The van der Waals surface area contributed by atoms with E-state index >= 15 is 0 Å². The van der Waals surface area contributed by atoms with Gasteiger partial charge >= 0.3 is 0 Å². The molecule has 45 heavy (non-hydrogen) atoms. The first-order chi connectivity index (χ1) is 22.3. The van der Waals surface area contributed by atoms with Crippen molar-refractivity contribution in [3.05, 3.63) is 140 Å². The summed E-state index contributed by atoms with van der Waals surface area (Å²) in [7, 11) is 0. The molecule has 0 aliphatic rings. The average molecular weight is 578 g/mol. The lowest BCUT2D eigenvalue weighted by Crippen LogP contribution is -2.02. The monoisotopic (exact) mass is 577 g/mol. The smallest absolute Gasteiger partial charge is 0.180 e. The second kappa shape index (κ2) is 9.15. The molecule has 5 nitrogen and oxygen atoms in total. The molecule has 0 bridgehead atoms. The Hall–Kier alpha value is -6.20. The van der Waals surface area contributed by atoms with Crippen LogP contribution in [0.2, 0.25) is 0 Å². The van der Waals surface area contributed by atoms with Crippen LogP contribution in [-0.4, -0.2) is 14.5 Å². The number of hydrogen-bond donors (Lipinski definition) is 0. The molecular formula is C40H23N3O2. The summed E-state index contributed by atoms with van der Waals surface area (Å²) in [5, 5.41) is 6.38. The Balaban J connectivity index is 1.46. The molecule has 0 aliphatic heterocycles. The van der Waals surface area contributed by atoms with E-state index in [-0.39, 0.29) is 0 Å². The Bertz CT molecular complexity index is 2700. The van der Waals surface area contributed by atoms with Crippen molar-refractivity contribution >= 4 is 65.7 Å². The molecule has 0 amide bonds. The third-order valence-electron chi connectivity index (χ3n) is 8.80. The fourth-order valence-electron chi connectivity index (χ4n) is 6.88. The number of nitrogens with zero attached hydrogens (tertiary/aromatic N) is 3. The van der Waals surface area contributed by atoms with Crippen LogP contribution in [0.25, 0.3) is 94.1 Å². The lowest BCUT2D eigenvalue weighted by molar-refractivity contribution is 0.633. The molecule has 10 aromatic rings. The molecule has 0 saturated heterocycles. The van der Waals surface area contributed by atoms with E-state index in [1.807, 2.05) is 60.7 Å². The van der Waals surface area contributed by atoms with E-state index in [4.69, 9.17) is 18.8 Å². The van der Waals surface area contributed by atoms with Crippen molar-refractivity contribution in [2.45, 2.75) is 0 Å². The van der Waals surface area contributed by atoms with Crippen molar-refractivity contribution in [2.75, 3.05) is 0 Å². The topological polar surface area (TPSA) is 57.0 Å². The van der Waals surface area contributed by atoms with Gasteiger partial charge in [0.1, 0.15) is 17.0 Å². The fourth-order valence-corrected chi connectivity index (χ4v) is 6.88. The molecule has 210 valence electrons. The highest BCUT2D eigenvalue weighted by Gasteiger charge is 2.27. The first kappa shape index (κ1) is 24.3. The maximum atomic E-state index is 6.64. The number of furan rings is 2. The van der Waals surface area contributed by atoms with Gasteiger partial charge in [0.2, 0.25) is 0 Å². The highest BCUT2D eigenvalue weighted by molar-refractivity contribution is 6.38. The first-order valence-electron chi connectivity index (χ1n) is 15.0. The van der Waals surface area contributed by atoms with Crippen LogP contribution < -0.4 is 0 Å². The second-order valence-electron chi connectivity index (χ2n) is 11.3. The Labute approximate surface area is 256 Å². The molecule has 6 aromatic carbocycles. The predicted molar refractivity (Wildman–Crippen MR) is 182 cm³/mol. The molecule has 10 rings (SSSR count). The predicted octanol–water partition coefficient (Wildman–Crippen LogP) is 10.7. The van der Waals surface area contributed by atoms with Gasteiger partial charge in [-0.25, -0.2) is 9.97 Å². The first-order valence-corrected chi connectivity index (χ1v) is 15.0. The molecule has 5 heteroatoms. The summed E-state index contributed by atoms with van der Waals surface area (Å²) in [6.07, 6.45) is 0. The molecule has 0 radical (unpaired) electrons. The number of fused-ring (bicyclic) bond motifs is 12. The molecule has 4 heterocycles.